The second-order valence-corrected chi connectivity index (χ2v) is 6.38. The van der Waals surface area contributed by atoms with Crippen LogP contribution in [0.15, 0.2) is 0 Å². The third kappa shape index (κ3) is 1.95. The van der Waals surface area contributed by atoms with E-state index in [9.17, 15) is 4.79 Å². The van der Waals surface area contributed by atoms with Crippen molar-refractivity contribution in [3.8, 4) is 0 Å². The maximum absolute atomic E-state index is 12.7. The number of thiophene rings is 1. The van der Waals surface area contributed by atoms with Crippen molar-refractivity contribution >= 4 is 33.3 Å². The first-order chi connectivity index (χ1) is 9.49. The first kappa shape index (κ1) is 13.3. The molecule has 2 aromatic rings. The lowest BCUT2D eigenvalue weighted by atomic mass is 10.2. The van der Waals surface area contributed by atoms with Crippen molar-refractivity contribution in [2.24, 2.45) is 0 Å². The zero-order valence-electron chi connectivity index (χ0n) is 11.9. The van der Waals surface area contributed by atoms with E-state index in [-0.39, 0.29) is 5.91 Å². The van der Waals surface area contributed by atoms with Crippen LogP contribution in [0.3, 0.4) is 0 Å². The molecule has 0 aliphatic carbocycles. The number of hydrogen-bond acceptors (Lipinski definition) is 5. The van der Waals surface area contributed by atoms with Crippen molar-refractivity contribution < 1.29 is 4.79 Å². The van der Waals surface area contributed by atoms with E-state index in [4.69, 9.17) is 5.73 Å². The van der Waals surface area contributed by atoms with Crippen LogP contribution in [0, 0.1) is 13.8 Å². The van der Waals surface area contributed by atoms with Crippen LogP contribution >= 0.6 is 11.3 Å². The molecule has 2 N–H and O–H groups in total. The summed E-state index contributed by atoms with van der Waals surface area (Å²) in [4.78, 5) is 24.8. The van der Waals surface area contributed by atoms with Crippen molar-refractivity contribution in [1.29, 1.82) is 0 Å². The maximum Gasteiger partial charge on any atom is 0.264 e. The molecule has 0 saturated carbocycles. The molecular weight excluding hydrogens is 272 g/mol. The molecular formula is C14H18N4OS. The summed E-state index contributed by atoms with van der Waals surface area (Å²) in [5.41, 5.74) is 6.89. The molecule has 106 valence electrons. The number of carbonyl (C=O) groups is 1. The minimum atomic E-state index is 0.104. The van der Waals surface area contributed by atoms with E-state index in [0.717, 1.165) is 40.0 Å². The number of aryl methyl sites for hydroxylation is 2. The van der Waals surface area contributed by atoms with Gasteiger partial charge in [-0.15, -0.1) is 11.3 Å². The van der Waals surface area contributed by atoms with Crippen LogP contribution in [0.1, 0.15) is 40.8 Å². The number of anilines is 1. The molecule has 1 aliphatic rings. The van der Waals surface area contributed by atoms with Gasteiger partial charge in [0, 0.05) is 12.6 Å². The van der Waals surface area contributed by atoms with E-state index in [2.05, 4.69) is 16.9 Å². The number of aromatic nitrogens is 2. The van der Waals surface area contributed by atoms with Gasteiger partial charge in [-0.1, -0.05) is 0 Å². The Kier molecular flexibility index (Phi) is 3.12. The van der Waals surface area contributed by atoms with Crippen molar-refractivity contribution in [2.75, 3.05) is 12.3 Å². The van der Waals surface area contributed by atoms with Crippen LogP contribution in [0.4, 0.5) is 5.82 Å². The lowest BCUT2D eigenvalue weighted by molar-refractivity contribution is 0.0752. The highest BCUT2D eigenvalue weighted by Gasteiger charge is 2.29. The Labute approximate surface area is 121 Å². The molecule has 0 aromatic carbocycles. The molecule has 0 spiro atoms. The average Bonchev–Trinajstić information content (AvgIpc) is 2.92. The Morgan fingerprint density at radius 1 is 1.40 bits per heavy atom. The van der Waals surface area contributed by atoms with Crippen molar-refractivity contribution in [2.45, 2.75) is 39.7 Å². The molecule has 3 rings (SSSR count). The minimum absolute atomic E-state index is 0.104. The zero-order chi connectivity index (χ0) is 14.4. The van der Waals surface area contributed by atoms with Crippen LogP contribution in [-0.4, -0.2) is 33.4 Å². The topological polar surface area (TPSA) is 72.1 Å². The van der Waals surface area contributed by atoms with Gasteiger partial charge < -0.3 is 10.6 Å². The molecule has 5 nitrogen and oxygen atoms in total. The quantitative estimate of drug-likeness (QED) is 0.876. The summed E-state index contributed by atoms with van der Waals surface area (Å²) < 4.78 is 0. The fourth-order valence-corrected chi connectivity index (χ4v) is 4.04. The fraction of sp³-hybridized carbons (Fsp3) is 0.500. The van der Waals surface area contributed by atoms with Crippen molar-refractivity contribution in [3.63, 3.8) is 0 Å². The number of carbonyl (C=O) groups excluding carboxylic acids is 1. The number of fused-ring (bicyclic) bond motifs is 1. The number of likely N-dealkylation sites (tertiary alicyclic amines) is 1. The Bertz CT molecular complexity index is 694. The summed E-state index contributed by atoms with van der Waals surface area (Å²) >= 11 is 1.43. The average molecular weight is 290 g/mol. The van der Waals surface area contributed by atoms with E-state index in [1.165, 1.54) is 11.3 Å². The monoisotopic (exact) mass is 290 g/mol. The third-order valence-electron chi connectivity index (χ3n) is 3.94. The van der Waals surface area contributed by atoms with Gasteiger partial charge in [0.2, 0.25) is 0 Å². The smallest absolute Gasteiger partial charge is 0.264 e. The van der Waals surface area contributed by atoms with E-state index in [0.29, 0.717) is 17.7 Å². The molecule has 2 aromatic heterocycles. The Morgan fingerprint density at radius 3 is 2.80 bits per heavy atom. The Balaban J connectivity index is 2.10. The number of hydrogen-bond donors (Lipinski definition) is 1. The molecule has 1 amide bonds. The van der Waals surface area contributed by atoms with E-state index in [1.807, 2.05) is 18.7 Å². The summed E-state index contributed by atoms with van der Waals surface area (Å²) in [7, 11) is 0. The summed E-state index contributed by atoms with van der Waals surface area (Å²) in [6.07, 6.45) is 2.16. The number of rotatable bonds is 1. The molecule has 1 fully saturated rings. The summed E-state index contributed by atoms with van der Waals surface area (Å²) in [5, 5.41) is 0.829. The molecule has 0 bridgehead atoms. The van der Waals surface area contributed by atoms with Gasteiger partial charge in [-0.05, 0) is 39.2 Å². The minimum Gasteiger partial charge on any atom is -0.383 e. The lowest BCUT2D eigenvalue weighted by Gasteiger charge is -2.20. The highest BCUT2D eigenvalue weighted by atomic mass is 32.1. The van der Waals surface area contributed by atoms with Gasteiger partial charge in [0.15, 0.2) is 0 Å². The molecule has 1 saturated heterocycles. The van der Waals surface area contributed by atoms with Crippen LogP contribution in [-0.2, 0) is 0 Å². The molecule has 0 radical (unpaired) electrons. The molecule has 1 atom stereocenters. The SMILES string of the molecule is Cc1nc(N)c2c(C)c(C(=O)N3CCCC3C)sc2n1. The summed E-state index contributed by atoms with van der Waals surface area (Å²) in [6, 6.07) is 0.317. The first-order valence-electron chi connectivity index (χ1n) is 6.83. The predicted molar refractivity (Wildman–Crippen MR) is 81.0 cm³/mol. The first-order valence-corrected chi connectivity index (χ1v) is 7.65. The van der Waals surface area contributed by atoms with Gasteiger partial charge in [-0.2, -0.15) is 0 Å². The number of nitrogen functional groups attached to an aromatic ring is 1. The maximum atomic E-state index is 12.7. The Morgan fingerprint density at radius 2 is 2.15 bits per heavy atom. The van der Waals surface area contributed by atoms with E-state index >= 15 is 0 Å². The van der Waals surface area contributed by atoms with Gasteiger partial charge in [0.1, 0.15) is 16.5 Å². The summed E-state index contributed by atoms with van der Waals surface area (Å²) in [5.74, 6) is 1.21. The second-order valence-electron chi connectivity index (χ2n) is 5.38. The van der Waals surface area contributed by atoms with Gasteiger partial charge in [-0.3, -0.25) is 4.79 Å². The third-order valence-corrected chi connectivity index (χ3v) is 5.11. The number of amides is 1. The standard InChI is InChI=1S/C14H18N4OS/c1-7-5-4-6-18(7)14(19)11-8(2)10-12(15)16-9(3)17-13(10)20-11/h7H,4-6H2,1-3H3,(H2,15,16,17). The predicted octanol–water partition coefficient (Wildman–Crippen LogP) is 2.51. The molecule has 1 unspecified atom stereocenters. The van der Waals surface area contributed by atoms with E-state index < -0.39 is 0 Å². The molecule has 6 heteroatoms. The van der Waals surface area contributed by atoms with Gasteiger partial charge in [-0.25, -0.2) is 9.97 Å². The van der Waals surface area contributed by atoms with Crippen molar-refractivity contribution in [1.82, 2.24) is 14.9 Å². The number of nitrogens with two attached hydrogens (primary N) is 1. The van der Waals surface area contributed by atoms with Gasteiger partial charge >= 0.3 is 0 Å². The van der Waals surface area contributed by atoms with Crippen LogP contribution in [0.5, 0.6) is 0 Å². The largest absolute Gasteiger partial charge is 0.383 e. The number of nitrogens with zero attached hydrogens (tertiary/aromatic N) is 3. The van der Waals surface area contributed by atoms with Crippen LogP contribution in [0.25, 0.3) is 10.2 Å². The normalized spacial score (nSPS) is 18.9. The Hall–Kier alpha value is -1.69. The van der Waals surface area contributed by atoms with Gasteiger partial charge in [0.05, 0.1) is 10.3 Å². The lowest BCUT2D eigenvalue weighted by Crippen LogP contribution is -2.33. The van der Waals surface area contributed by atoms with Gasteiger partial charge in [0.25, 0.3) is 5.91 Å². The summed E-state index contributed by atoms with van der Waals surface area (Å²) in [6.45, 7) is 6.69. The second kappa shape index (κ2) is 4.70. The van der Waals surface area contributed by atoms with E-state index in [1.54, 1.807) is 0 Å². The van der Waals surface area contributed by atoms with Crippen molar-refractivity contribution in [3.05, 3.63) is 16.3 Å². The highest BCUT2D eigenvalue weighted by molar-refractivity contribution is 7.20. The highest BCUT2D eigenvalue weighted by Crippen LogP contribution is 2.34. The fourth-order valence-electron chi connectivity index (χ4n) is 2.85. The molecule has 3 heterocycles. The zero-order valence-corrected chi connectivity index (χ0v) is 12.8. The molecule has 20 heavy (non-hydrogen) atoms. The van der Waals surface area contributed by atoms with Crippen LogP contribution < -0.4 is 5.73 Å². The molecule has 1 aliphatic heterocycles. The van der Waals surface area contributed by atoms with Crippen LogP contribution in [0.2, 0.25) is 0 Å².